The predicted molar refractivity (Wildman–Crippen MR) is 106 cm³/mol. The van der Waals surface area contributed by atoms with E-state index in [0.29, 0.717) is 5.92 Å². The van der Waals surface area contributed by atoms with Crippen LogP contribution in [-0.2, 0) is 0 Å². The number of nitrogens with zero attached hydrogens (tertiary/aromatic N) is 4. The van der Waals surface area contributed by atoms with Crippen molar-refractivity contribution in [2.45, 2.75) is 31.6 Å². The van der Waals surface area contributed by atoms with Crippen molar-refractivity contribution in [2.75, 3.05) is 26.7 Å². The van der Waals surface area contributed by atoms with Gasteiger partial charge in [-0.05, 0) is 74.5 Å². The lowest BCUT2D eigenvalue weighted by molar-refractivity contribution is 0.202. The van der Waals surface area contributed by atoms with Crippen LogP contribution < -0.4 is 4.74 Å². The van der Waals surface area contributed by atoms with Crippen molar-refractivity contribution < 1.29 is 4.74 Å². The minimum Gasteiger partial charge on any atom is -0.497 e. The summed E-state index contributed by atoms with van der Waals surface area (Å²) in [6.45, 7) is 3.67. The van der Waals surface area contributed by atoms with Crippen LogP contribution in [0.5, 0.6) is 5.75 Å². The van der Waals surface area contributed by atoms with E-state index in [0.717, 1.165) is 34.3 Å². The molecule has 0 radical (unpaired) electrons. The van der Waals surface area contributed by atoms with Crippen molar-refractivity contribution in [3.8, 4) is 16.9 Å². The van der Waals surface area contributed by atoms with Gasteiger partial charge >= 0.3 is 0 Å². The third-order valence-electron chi connectivity index (χ3n) is 5.92. The van der Waals surface area contributed by atoms with Crippen LogP contribution in [0.25, 0.3) is 16.8 Å². The Hall–Kier alpha value is -2.40. The molecule has 2 aliphatic rings. The van der Waals surface area contributed by atoms with E-state index in [1.165, 1.54) is 45.3 Å². The molecule has 2 aromatic heterocycles. The fraction of sp³-hybridized carbons (Fsp3) is 0.455. The minimum absolute atomic E-state index is 0.487. The highest BCUT2D eigenvalue weighted by Gasteiger charge is 2.28. The monoisotopic (exact) mass is 362 g/mol. The van der Waals surface area contributed by atoms with Gasteiger partial charge in [-0.1, -0.05) is 12.1 Å². The van der Waals surface area contributed by atoms with Gasteiger partial charge in [-0.15, -0.1) is 0 Å². The predicted octanol–water partition coefficient (Wildman–Crippen LogP) is 3.99. The zero-order valence-electron chi connectivity index (χ0n) is 15.8. The van der Waals surface area contributed by atoms with E-state index >= 15 is 0 Å². The molecule has 0 spiro atoms. The second kappa shape index (κ2) is 6.97. The van der Waals surface area contributed by atoms with Crippen molar-refractivity contribution in [2.24, 2.45) is 5.92 Å². The van der Waals surface area contributed by atoms with E-state index in [4.69, 9.17) is 14.8 Å². The highest BCUT2D eigenvalue weighted by Crippen LogP contribution is 2.33. The Bertz CT molecular complexity index is 938. The van der Waals surface area contributed by atoms with Crippen molar-refractivity contribution in [1.82, 2.24) is 19.5 Å². The molecule has 3 heterocycles. The smallest absolute Gasteiger partial charge is 0.155 e. The molecule has 0 bridgehead atoms. The van der Waals surface area contributed by atoms with Crippen LogP contribution in [0.2, 0.25) is 0 Å². The number of likely N-dealkylation sites (tertiary alicyclic amines) is 1. The Morgan fingerprint density at radius 1 is 1.04 bits per heavy atom. The lowest BCUT2D eigenvalue weighted by Crippen LogP contribution is -2.34. The first-order valence-electron chi connectivity index (χ1n) is 10.0. The molecular formula is C22H26N4O. The lowest BCUT2D eigenvalue weighted by atomic mass is 9.96. The summed E-state index contributed by atoms with van der Waals surface area (Å²) in [5.41, 5.74) is 3.18. The van der Waals surface area contributed by atoms with Crippen LogP contribution in [0.3, 0.4) is 0 Å². The zero-order valence-corrected chi connectivity index (χ0v) is 15.8. The molecule has 1 aromatic carbocycles. The van der Waals surface area contributed by atoms with Crippen LogP contribution in [0.4, 0.5) is 0 Å². The van der Waals surface area contributed by atoms with Crippen molar-refractivity contribution >= 4 is 5.65 Å². The molecule has 1 saturated heterocycles. The van der Waals surface area contributed by atoms with E-state index < -0.39 is 0 Å². The summed E-state index contributed by atoms with van der Waals surface area (Å²) in [6.07, 6.45) is 7.29. The Kier molecular flexibility index (Phi) is 4.32. The largest absolute Gasteiger partial charge is 0.497 e. The summed E-state index contributed by atoms with van der Waals surface area (Å²) in [5.74, 6) is 3.33. The normalized spacial score (nSPS) is 18.9. The van der Waals surface area contributed by atoms with Crippen molar-refractivity contribution in [3.63, 3.8) is 0 Å². The third kappa shape index (κ3) is 3.56. The number of hydrogen-bond acceptors (Lipinski definition) is 4. The van der Waals surface area contributed by atoms with Gasteiger partial charge in [0.15, 0.2) is 11.5 Å². The molecule has 1 aliphatic heterocycles. The second-order valence-electron chi connectivity index (χ2n) is 7.94. The Morgan fingerprint density at radius 2 is 1.89 bits per heavy atom. The number of rotatable bonds is 5. The van der Waals surface area contributed by atoms with E-state index in [9.17, 15) is 0 Å². The summed E-state index contributed by atoms with van der Waals surface area (Å²) in [7, 11) is 1.70. The molecule has 2 fully saturated rings. The van der Waals surface area contributed by atoms with Gasteiger partial charge in [-0.2, -0.15) is 5.10 Å². The standard InChI is InChI=1S/C22H26N4O/c1-27-20-4-2-3-18(13-20)19-7-8-21-23-22(24-26(21)15-19)17-9-11-25(12-10-17)14-16-5-6-16/h2-4,7-8,13,15-17H,5-6,9-12,14H2,1H3. The van der Waals surface area contributed by atoms with Gasteiger partial charge < -0.3 is 9.64 Å². The number of ether oxygens (including phenoxy) is 1. The maximum atomic E-state index is 5.34. The number of piperidine rings is 1. The Labute approximate surface area is 160 Å². The maximum Gasteiger partial charge on any atom is 0.155 e. The summed E-state index contributed by atoms with van der Waals surface area (Å²) < 4.78 is 7.28. The second-order valence-corrected chi connectivity index (χ2v) is 7.94. The average Bonchev–Trinajstić information content (AvgIpc) is 3.43. The van der Waals surface area contributed by atoms with Crippen molar-refractivity contribution in [3.05, 3.63) is 48.4 Å². The Morgan fingerprint density at radius 3 is 2.67 bits per heavy atom. The summed E-state index contributed by atoms with van der Waals surface area (Å²) in [4.78, 5) is 7.44. The van der Waals surface area contributed by atoms with Gasteiger partial charge in [-0.25, -0.2) is 9.50 Å². The lowest BCUT2D eigenvalue weighted by Gasteiger charge is -2.30. The van der Waals surface area contributed by atoms with Crippen LogP contribution in [0.15, 0.2) is 42.6 Å². The first-order valence-corrected chi connectivity index (χ1v) is 10.0. The van der Waals surface area contributed by atoms with Gasteiger partial charge in [0.1, 0.15) is 5.75 Å². The summed E-state index contributed by atoms with van der Waals surface area (Å²) >= 11 is 0. The number of fused-ring (bicyclic) bond motifs is 1. The molecular weight excluding hydrogens is 336 g/mol. The van der Waals surface area contributed by atoms with Gasteiger partial charge in [0.2, 0.25) is 0 Å². The molecule has 0 atom stereocenters. The zero-order chi connectivity index (χ0) is 18.2. The molecule has 5 rings (SSSR count). The quantitative estimate of drug-likeness (QED) is 0.688. The summed E-state index contributed by atoms with van der Waals surface area (Å²) in [5, 5.41) is 4.82. The van der Waals surface area contributed by atoms with E-state index in [1.54, 1.807) is 7.11 Å². The molecule has 0 amide bonds. The van der Waals surface area contributed by atoms with Crippen LogP contribution in [0, 0.1) is 5.92 Å². The van der Waals surface area contributed by atoms with Gasteiger partial charge in [0.25, 0.3) is 0 Å². The number of pyridine rings is 1. The highest BCUT2D eigenvalue weighted by molar-refractivity contribution is 5.65. The fourth-order valence-electron chi connectivity index (χ4n) is 4.09. The topological polar surface area (TPSA) is 42.7 Å². The Balaban J connectivity index is 1.34. The minimum atomic E-state index is 0.487. The van der Waals surface area contributed by atoms with Crippen LogP contribution in [0.1, 0.15) is 37.4 Å². The van der Waals surface area contributed by atoms with Gasteiger partial charge in [0.05, 0.1) is 7.11 Å². The number of methoxy groups -OCH3 is 1. The first kappa shape index (κ1) is 16.8. The van der Waals surface area contributed by atoms with Crippen LogP contribution in [-0.4, -0.2) is 46.2 Å². The molecule has 5 nitrogen and oxygen atoms in total. The number of aromatic nitrogens is 3. The number of benzene rings is 1. The molecule has 0 unspecified atom stereocenters. The molecule has 1 aliphatic carbocycles. The van der Waals surface area contributed by atoms with Crippen LogP contribution >= 0.6 is 0 Å². The SMILES string of the molecule is COc1cccc(-c2ccc3nc(C4CCN(CC5CC5)CC4)nn3c2)c1. The van der Waals surface area contributed by atoms with Gasteiger partial charge in [-0.3, -0.25) is 0 Å². The molecule has 5 heteroatoms. The molecule has 3 aromatic rings. The molecule has 0 N–H and O–H groups in total. The molecule has 140 valence electrons. The maximum absolute atomic E-state index is 5.34. The first-order chi connectivity index (χ1) is 13.3. The fourth-order valence-corrected chi connectivity index (χ4v) is 4.09. The average molecular weight is 362 g/mol. The van der Waals surface area contributed by atoms with E-state index in [2.05, 4.69) is 35.4 Å². The third-order valence-corrected chi connectivity index (χ3v) is 5.92. The molecule has 1 saturated carbocycles. The highest BCUT2D eigenvalue weighted by atomic mass is 16.5. The molecule has 27 heavy (non-hydrogen) atoms. The number of hydrogen-bond donors (Lipinski definition) is 0. The van der Waals surface area contributed by atoms with E-state index in [1.807, 2.05) is 16.6 Å². The van der Waals surface area contributed by atoms with Crippen molar-refractivity contribution in [1.29, 1.82) is 0 Å². The van der Waals surface area contributed by atoms with Gasteiger partial charge in [0, 0.05) is 24.2 Å². The van der Waals surface area contributed by atoms with E-state index in [-0.39, 0.29) is 0 Å². The summed E-state index contributed by atoms with van der Waals surface area (Å²) in [6, 6.07) is 12.3.